The van der Waals surface area contributed by atoms with Gasteiger partial charge in [-0.25, -0.2) is 4.57 Å². The number of hydrogen-bond acceptors (Lipinski definition) is 9. The SMILES string of the molecule is CC(C)(C)C(=O)OC[C@@H](O)[C@H](COC(=O)C(C)(C)C)OCn1ccnc1[N+](=O)[O-]. The number of carbonyl (C=O) groups is 2. The van der Waals surface area contributed by atoms with E-state index in [4.69, 9.17) is 14.2 Å². The molecule has 164 valence electrons. The minimum atomic E-state index is -1.32. The highest BCUT2D eigenvalue weighted by Crippen LogP contribution is 2.18. The second-order valence-electron chi connectivity index (χ2n) is 8.55. The molecule has 2 atom stereocenters. The highest BCUT2D eigenvalue weighted by atomic mass is 16.6. The molecule has 1 rings (SSSR count). The van der Waals surface area contributed by atoms with Gasteiger partial charge in [-0.05, 0) is 46.5 Å². The fourth-order valence-electron chi connectivity index (χ4n) is 1.88. The highest BCUT2D eigenvalue weighted by molar-refractivity contribution is 5.75. The summed E-state index contributed by atoms with van der Waals surface area (Å²) in [5, 5.41) is 21.3. The van der Waals surface area contributed by atoms with Crippen molar-refractivity contribution in [3.8, 4) is 0 Å². The van der Waals surface area contributed by atoms with E-state index in [2.05, 4.69) is 4.98 Å². The van der Waals surface area contributed by atoms with E-state index >= 15 is 0 Å². The van der Waals surface area contributed by atoms with Gasteiger partial charge in [0.15, 0.2) is 6.73 Å². The molecule has 1 N–H and O–H groups in total. The number of rotatable bonds is 9. The number of imidazole rings is 1. The van der Waals surface area contributed by atoms with Crippen LogP contribution in [0.2, 0.25) is 0 Å². The summed E-state index contributed by atoms with van der Waals surface area (Å²) in [7, 11) is 0. The highest BCUT2D eigenvalue weighted by Gasteiger charge is 2.30. The predicted molar refractivity (Wildman–Crippen MR) is 101 cm³/mol. The van der Waals surface area contributed by atoms with E-state index < -0.39 is 45.8 Å². The number of aliphatic hydroxyl groups excluding tert-OH is 1. The second kappa shape index (κ2) is 9.79. The molecule has 0 aliphatic rings. The van der Waals surface area contributed by atoms with E-state index in [1.165, 1.54) is 12.4 Å². The van der Waals surface area contributed by atoms with Crippen LogP contribution in [0.4, 0.5) is 5.95 Å². The molecule has 0 spiro atoms. The maximum Gasteiger partial charge on any atom is 0.436 e. The lowest BCUT2D eigenvalue weighted by atomic mass is 9.97. The Morgan fingerprint density at radius 3 is 2.14 bits per heavy atom. The van der Waals surface area contributed by atoms with E-state index in [0.29, 0.717) is 0 Å². The molecule has 0 aromatic carbocycles. The van der Waals surface area contributed by atoms with Crippen LogP contribution in [-0.2, 0) is 30.5 Å². The Kier molecular flexibility index (Phi) is 8.27. The third-order valence-corrected chi connectivity index (χ3v) is 3.70. The van der Waals surface area contributed by atoms with Gasteiger partial charge in [0, 0.05) is 0 Å². The lowest BCUT2D eigenvalue weighted by Gasteiger charge is -2.25. The summed E-state index contributed by atoms with van der Waals surface area (Å²) >= 11 is 0. The average molecular weight is 415 g/mol. The van der Waals surface area contributed by atoms with Gasteiger partial charge in [-0.3, -0.25) is 9.59 Å². The fourth-order valence-corrected chi connectivity index (χ4v) is 1.88. The van der Waals surface area contributed by atoms with Crippen molar-refractivity contribution in [3.05, 3.63) is 22.5 Å². The molecule has 1 aromatic heterocycles. The van der Waals surface area contributed by atoms with Crippen molar-refractivity contribution < 1.29 is 33.8 Å². The smallest absolute Gasteiger partial charge is 0.436 e. The van der Waals surface area contributed by atoms with Crippen LogP contribution in [0.5, 0.6) is 0 Å². The summed E-state index contributed by atoms with van der Waals surface area (Å²) < 4.78 is 16.9. The number of aliphatic hydroxyl groups is 1. The van der Waals surface area contributed by atoms with Gasteiger partial charge in [0.25, 0.3) is 0 Å². The summed E-state index contributed by atoms with van der Waals surface area (Å²) in [5.74, 6) is -1.48. The zero-order valence-corrected chi connectivity index (χ0v) is 17.6. The molecule has 0 aliphatic carbocycles. The van der Waals surface area contributed by atoms with Gasteiger partial charge in [0.1, 0.15) is 37.8 Å². The minimum absolute atomic E-state index is 0.321. The summed E-state index contributed by atoms with van der Waals surface area (Å²) in [4.78, 5) is 37.8. The normalized spacial score (nSPS) is 14.2. The number of nitrogens with zero attached hydrogens (tertiary/aromatic N) is 3. The Hall–Kier alpha value is -2.53. The van der Waals surface area contributed by atoms with Crippen LogP contribution in [0.15, 0.2) is 12.4 Å². The molecule has 0 saturated carbocycles. The minimum Gasteiger partial charge on any atom is -0.462 e. The standard InChI is InChI=1S/C18H29N3O8/c1-17(2,3)14(23)27-9-12(22)13(10-28-15(24)18(4,5)6)29-11-20-8-7-19-16(20)21(25)26/h7-8,12-13,22H,9-11H2,1-6H3/t12-,13+/m1/s1. The first-order valence-electron chi connectivity index (χ1n) is 9.03. The summed E-state index contributed by atoms with van der Waals surface area (Å²) in [6.45, 7) is 8.96. The van der Waals surface area contributed by atoms with Gasteiger partial charge >= 0.3 is 17.9 Å². The Labute approximate surface area is 169 Å². The van der Waals surface area contributed by atoms with E-state index in [-0.39, 0.29) is 19.9 Å². The zero-order valence-electron chi connectivity index (χ0n) is 17.6. The summed E-state index contributed by atoms with van der Waals surface area (Å²) in [6.07, 6.45) is 0.160. The van der Waals surface area contributed by atoms with Gasteiger partial charge in [-0.1, -0.05) is 4.98 Å². The zero-order chi connectivity index (χ0) is 22.4. The third-order valence-electron chi connectivity index (χ3n) is 3.70. The molecule has 0 unspecified atom stereocenters. The molecule has 1 aromatic rings. The van der Waals surface area contributed by atoms with Crippen molar-refractivity contribution in [2.45, 2.75) is 60.5 Å². The van der Waals surface area contributed by atoms with Crippen LogP contribution < -0.4 is 0 Å². The number of ether oxygens (including phenoxy) is 3. The summed E-state index contributed by atoms with van der Waals surface area (Å²) in [6, 6.07) is 0. The van der Waals surface area contributed by atoms with Crippen molar-refractivity contribution in [2.75, 3.05) is 13.2 Å². The number of carbonyl (C=O) groups excluding carboxylic acids is 2. The lowest BCUT2D eigenvalue weighted by molar-refractivity contribution is -0.397. The maximum absolute atomic E-state index is 12.0. The lowest BCUT2D eigenvalue weighted by Crippen LogP contribution is -2.40. The molecule has 29 heavy (non-hydrogen) atoms. The van der Waals surface area contributed by atoms with Crippen LogP contribution in [0.25, 0.3) is 0 Å². The quantitative estimate of drug-likeness (QED) is 0.362. The Morgan fingerprint density at radius 1 is 1.14 bits per heavy atom. The fraction of sp³-hybridized carbons (Fsp3) is 0.722. The van der Waals surface area contributed by atoms with Crippen molar-refractivity contribution in [1.29, 1.82) is 0 Å². The molecule has 0 amide bonds. The van der Waals surface area contributed by atoms with Crippen molar-refractivity contribution in [3.63, 3.8) is 0 Å². The molecule has 0 fully saturated rings. The summed E-state index contributed by atoms with van der Waals surface area (Å²) in [5.41, 5.74) is -1.52. The number of esters is 2. The van der Waals surface area contributed by atoms with Crippen LogP contribution in [0.1, 0.15) is 41.5 Å². The van der Waals surface area contributed by atoms with Crippen LogP contribution in [0, 0.1) is 20.9 Å². The maximum atomic E-state index is 12.0. The topological polar surface area (TPSA) is 143 Å². The number of nitro groups is 1. The van der Waals surface area contributed by atoms with Crippen LogP contribution >= 0.6 is 0 Å². The Morgan fingerprint density at radius 2 is 1.66 bits per heavy atom. The second-order valence-corrected chi connectivity index (χ2v) is 8.55. The van der Waals surface area contributed by atoms with Gasteiger partial charge in [-0.15, -0.1) is 0 Å². The van der Waals surface area contributed by atoms with Gasteiger partial charge in [-0.2, -0.15) is 0 Å². The number of aromatic nitrogens is 2. The molecule has 1 heterocycles. The van der Waals surface area contributed by atoms with Crippen LogP contribution in [-0.4, -0.2) is 56.9 Å². The van der Waals surface area contributed by atoms with E-state index in [1.807, 2.05) is 0 Å². The first kappa shape index (κ1) is 24.5. The predicted octanol–water partition coefficient (Wildman–Crippen LogP) is 1.67. The molecule has 0 bridgehead atoms. The monoisotopic (exact) mass is 415 g/mol. The molecule has 0 saturated heterocycles. The van der Waals surface area contributed by atoms with Crippen molar-refractivity contribution in [2.24, 2.45) is 10.8 Å². The molecule has 0 aliphatic heterocycles. The van der Waals surface area contributed by atoms with Gasteiger partial charge < -0.3 is 29.4 Å². The molecular weight excluding hydrogens is 386 g/mol. The van der Waals surface area contributed by atoms with Crippen molar-refractivity contribution in [1.82, 2.24) is 9.55 Å². The van der Waals surface area contributed by atoms with E-state index in [0.717, 1.165) is 4.57 Å². The van der Waals surface area contributed by atoms with Crippen molar-refractivity contribution >= 4 is 17.9 Å². The Bertz CT molecular complexity index is 717. The average Bonchev–Trinajstić information content (AvgIpc) is 3.06. The van der Waals surface area contributed by atoms with Crippen LogP contribution in [0.3, 0.4) is 0 Å². The number of hydrogen-bond donors (Lipinski definition) is 1. The molecule has 11 heteroatoms. The molecular formula is C18H29N3O8. The van der Waals surface area contributed by atoms with Gasteiger partial charge in [0.2, 0.25) is 0 Å². The first-order chi connectivity index (χ1) is 13.2. The molecule has 11 nitrogen and oxygen atoms in total. The Balaban J connectivity index is 2.81. The van der Waals surface area contributed by atoms with E-state index in [1.54, 1.807) is 41.5 Å². The van der Waals surface area contributed by atoms with E-state index in [9.17, 15) is 24.8 Å². The van der Waals surface area contributed by atoms with Gasteiger partial charge in [0.05, 0.1) is 10.8 Å². The third kappa shape index (κ3) is 7.78. The largest absolute Gasteiger partial charge is 0.462 e. The first-order valence-corrected chi connectivity index (χ1v) is 9.03. The molecule has 0 radical (unpaired) electrons.